The minimum absolute atomic E-state index is 1.11. The first kappa shape index (κ1) is 29.5. The quantitative estimate of drug-likeness (QED) is 0.180. The van der Waals surface area contributed by atoms with Gasteiger partial charge in [0.1, 0.15) is 0 Å². The van der Waals surface area contributed by atoms with E-state index in [0.717, 1.165) is 28.3 Å². The molecule has 3 heteroatoms. The molecule has 1 aromatic heterocycles. The smallest absolute Gasteiger partial charge is 0.0640 e. The minimum Gasteiger partial charge on any atom is -0.309 e. The molecule has 0 aliphatic carbocycles. The van der Waals surface area contributed by atoms with Crippen LogP contribution in [0.2, 0.25) is 0 Å². The van der Waals surface area contributed by atoms with Gasteiger partial charge in [0.05, 0.1) is 20.8 Å². The summed E-state index contributed by atoms with van der Waals surface area (Å²) in [5, 5.41) is 2.55. The standard InChI is InChI=1S/C48H32N2S/c1-4-14-33(15-5-1)35-18-10-19-36(28-35)38-30-41-32-42(31-38)50(40-23-11-20-37(29-40)34-16-6-2-7-17-34)46-27-13-25-44-43-24-12-26-45(47(43)51-48(44)46)49(41)39-21-8-3-9-22-39/h1-32H. The lowest BCUT2D eigenvalue weighted by molar-refractivity contribution is 1.26. The van der Waals surface area contributed by atoms with Gasteiger partial charge in [-0.1, -0.05) is 133 Å². The van der Waals surface area contributed by atoms with Crippen LogP contribution in [0.4, 0.5) is 34.1 Å². The zero-order chi connectivity index (χ0) is 33.7. The van der Waals surface area contributed by atoms with E-state index in [1.165, 1.54) is 59.4 Å². The van der Waals surface area contributed by atoms with Gasteiger partial charge in [-0.2, -0.15) is 0 Å². The molecule has 4 bridgehead atoms. The number of thiophene rings is 1. The summed E-state index contributed by atoms with van der Waals surface area (Å²) in [4.78, 5) is 4.90. The van der Waals surface area contributed by atoms with Crippen molar-refractivity contribution in [3.05, 3.63) is 194 Å². The second kappa shape index (κ2) is 12.2. The van der Waals surface area contributed by atoms with Crippen LogP contribution in [0.5, 0.6) is 0 Å². The Bertz CT molecular complexity index is 2700. The van der Waals surface area contributed by atoms with Crippen molar-refractivity contribution in [2.45, 2.75) is 0 Å². The number of fused-ring (bicyclic) bond motifs is 3. The fraction of sp³-hybridized carbons (Fsp3) is 0. The second-order valence-corrected chi connectivity index (χ2v) is 14.0. The van der Waals surface area contributed by atoms with E-state index in [0.29, 0.717) is 0 Å². The Morgan fingerprint density at radius 1 is 0.275 bits per heavy atom. The molecule has 9 aromatic rings. The molecule has 0 saturated heterocycles. The Morgan fingerprint density at radius 2 is 0.686 bits per heavy atom. The molecule has 240 valence electrons. The average molecular weight is 669 g/mol. The molecule has 10 rings (SSSR count). The molecule has 2 heterocycles. The maximum absolute atomic E-state index is 2.46. The third-order valence-electron chi connectivity index (χ3n) is 9.91. The van der Waals surface area contributed by atoms with Gasteiger partial charge in [-0.3, -0.25) is 0 Å². The molecule has 0 saturated carbocycles. The van der Waals surface area contributed by atoms with Crippen LogP contribution < -0.4 is 9.80 Å². The van der Waals surface area contributed by atoms with Gasteiger partial charge in [0.2, 0.25) is 0 Å². The monoisotopic (exact) mass is 668 g/mol. The predicted octanol–water partition coefficient (Wildman–Crippen LogP) is 14.3. The Balaban J connectivity index is 1.29. The maximum Gasteiger partial charge on any atom is 0.0640 e. The highest BCUT2D eigenvalue weighted by atomic mass is 32.1. The highest BCUT2D eigenvalue weighted by molar-refractivity contribution is 7.27. The van der Waals surface area contributed by atoms with Gasteiger partial charge in [-0.15, -0.1) is 11.3 Å². The molecule has 51 heavy (non-hydrogen) atoms. The summed E-state index contributed by atoms with van der Waals surface area (Å²) in [5.74, 6) is 0. The number of rotatable bonds is 5. The third kappa shape index (κ3) is 5.10. The van der Waals surface area contributed by atoms with E-state index in [1.807, 2.05) is 11.3 Å². The topological polar surface area (TPSA) is 6.48 Å². The molecular formula is C48H32N2S. The van der Waals surface area contributed by atoms with E-state index in [2.05, 4.69) is 204 Å². The Morgan fingerprint density at radius 3 is 1.27 bits per heavy atom. The van der Waals surface area contributed by atoms with Gasteiger partial charge in [0, 0.05) is 33.5 Å². The van der Waals surface area contributed by atoms with Crippen LogP contribution in [0.25, 0.3) is 53.6 Å². The lowest BCUT2D eigenvalue weighted by Crippen LogP contribution is -2.14. The molecule has 8 aromatic carbocycles. The lowest BCUT2D eigenvalue weighted by atomic mass is 9.97. The van der Waals surface area contributed by atoms with Gasteiger partial charge in [-0.25, -0.2) is 0 Å². The average Bonchev–Trinajstić information content (AvgIpc) is 3.60. The van der Waals surface area contributed by atoms with E-state index in [1.54, 1.807) is 0 Å². The Labute approximate surface area is 301 Å². The van der Waals surface area contributed by atoms with Gasteiger partial charge in [0.15, 0.2) is 0 Å². The van der Waals surface area contributed by atoms with E-state index in [9.17, 15) is 0 Å². The second-order valence-electron chi connectivity index (χ2n) is 13.0. The molecule has 0 fully saturated rings. The fourth-order valence-electron chi connectivity index (χ4n) is 7.56. The molecule has 1 aliphatic heterocycles. The van der Waals surface area contributed by atoms with E-state index in [-0.39, 0.29) is 0 Å². The van der Waals surface area contributed by atoms with Crippen molar-refractivity contribution in [3.8, 4) is 33.4 Å². The largest absolute Gasteiger partial charge is 0.309 e. The number of nitrogens with zero attached hydrogens (tertiary/aromatic N) is 2. The number of anilines is 6. The van der Waals surface area contributed by atoms with Crippen molar-refractivity contribution in [2.24, 2.45) is 0 Å². The summed E-state index contributed by atoms with van der Waals surface area (Å²) in [7, 11) is 0. The zero-order valence-corrected chi connectivity index (χ0v) is 28.6. The highest BCUT2D eigenvalue weighted by Gasteiger charge is 2.25. The van der Waals surface area contributed by atoms with E-state index in [4.69, 9.17) is 0 Å². The van der Waals surface area contributed by atoms with Crippen molar-refractivity contribution in [1.82, 2.24) is 0 Å². The molecule has 0 radical (unpaired) electrons. The van der Waals surface area contributed by atoms with Crippen LogP contribution in [-0.4, -0.2) is 0 Å². The minimum atomic E-state index is 1.11. The SMILES string of the molecule is c1ccc(-c2cccc(-c3cc4cc(c3)N(c3cccc(-c5ccccc5)c3)c3cccc5c3sc3c(cccc35)N4c3ccccc3)c2)cc1. The van der Waals surface area contributed by atoms with Gasteiger partial charge >= 0.3 is 0 Å². The Hall–Kier alpha value is -6.42. The van der Waals surface area contributed by atoms with Crippen molar-refractivity contribution in [1.29, 1.82) is 0 Å². The van der Waals surface area contributed by atoms with Crippen LogP contribution in [0.15, 0.2) is 194 Å². The van der Waals surface area contributed by atoms with Gasteiger partial charge < -0.3 is 9.80 Å². The first-order valence-corrected chi connectivity index (χ1v) is 18.2. The van der Waals surface area contributed by atoms with Crippen LogP contribution in [0.1, 0.15) is 0 Å². The van der Waals surface area contributed by atoms with Crippen LogP contribution in [0.3, 0.4) is 0 Å². The van der Waals surface area contributed by atoms with E-state index < -0.39 is 0 Å². The molecule has 0 spiro atoms. The summed E-state index contributed by atoms with van der Waals surface area (Å²) in [6.45, 7) is 0. The van der Waals surface area contributed by atoms with Crippen molar-refractivity contribution >= 4 is 65.6 Å². The van der Waals surface area contributed by atoms with E-state index >= 15 is 0 Å². The number of benzene rings is 8. The Kier molecular flexibility index (Phi) is 7.04. The predicted molar refractivity (Wildman–Crippen MR) is 219 cm³/mol. The normalized spacial score (nSPS) is 12.2. The van der Waals surface area contributed by atoms with Crippen molar-refractivity contribution < 1.29 is 0 Å². The number of hydrogen-bond acceptors (Lipinski definition) is 3. The first-order valence-electron chi connectivity index (χ1n) is 17.3. The van der Waals surface area contributed by atoms with Gasteiger partial charge in [-0.05, 0) is 94.0 Å². The summed E-state index contributed by atoms with van der Waals surface area (Å²) in [6.07, 6.45) is 0. The summed E-state index contributed by atoms with van der Waals surface area (Å²) >= 11 is 1.89. The molecule has 0 unspecified atom stereocenters. The first-order chi connectivity index (χ1) is 25.3. The molecule has 2 nitrogen and oxygen atoms in total. The van der Waals surface area contributed by atoms with Crippen molar-refractivity contribution in [2.75, 3.05) is 9.80 Å². The summed E-state index contributed by atoms with van der Waals surface area (Å²) < 4.78 is 2.56. The number of para-hydroxylation sites is 1. The molecule has 0 amide bonds. The number of hydrogen-bond donors (Lipinski definition) is 0. The highest BCUT2D eigenvalue weighted by Crippen LogP contribution is 2.52. The van der Waals surface area contributed by atoms with Gasteiger partial charge in [0.25, 0.3) is 0 Å². The third-order valence-corrected chi connectivity index (χ3v) is 11.2. The molecule has 1 aliphatic rings. The summed E-state index contributed by atoms with van der Waals surface area (Å²) in [6, 6.07) is 70.6. The van der Waals surface area contributed by atoms with Crippen LogP contribution in [-0.2, 0) is 0 Å². The van der Waals surface area contributed by atoms with Crippen molar-refractivity contribution in [3.63, 3.8) is 0 Å². The molecule has 0 N–H and O–H groups in total. The summed E-state index contributed by atoms with van der Waals surface area (Å²) in [5.41, 5.74) is 14.0. The maximum atomic E-state index is 2.46. The van der Waals surface area contributed by atoms with Crippen LogP contribution >= 0.6 is 11.3 Å². The molecule has 0 atom stereocenters. The zero-order valence-electron chi connectivity index (χ0n) is 27.8. The van der Waals surface area contributed by atoms with Crippen LogP contribution in [0, 0.1) is 0 Å². The lowest BCUT2D eigenvalue weighted by Gasteiger charge is -2.31. The molecular weight excluding hydrogens is 637 g/mol. The fourth-order valence-corrected chi connectivity index (χ4v) is 8.87.